The van der Waals surface area contributed by atoms with E-state index in [0.717, 1.165) is 10.5 Å². The van der Waals surface area contributed by atoms with Crippen molar-refractivity contribution >= 4 is 27.7 Å². The second-order valence-electron chi connectivity index (χ2n) is 9.97. The minimum Gasteiger partial charge on any atom is -0.489 e. The van der Waals surface area contributed by atoms with Gasteiger partial charge in [0.05, 0.1) is 22.3 Å². The van der Waals surface area contributed by atoms with Gasteiger partial charge in [0.25, 0.3) is 0 Å². The van der Waals surface area contributed by atoms with Crippen molar-refractivity contribution in [2.24, 2.45) is 5.84 Å². The van der Waals surface area contributed by atoms with Gasteiger partial charge in [-0.3, -0.25) is 0 Å². The van der Waals surface area contributed by atoms with Gasteiger partial charge >= 0.3 is 6.09 Å². The Hall–Kier alpha value is -3.45. The first-order valence-corrected chi connectivity index (χ1v) is 16.3. The predicted molar refractivity (Wildman–Crippen MR) is 160 cm³/mol. The summed E-state index contributed by atoms with van der Waals surface area (Å²) in [6, 6.07) is 18.1. The van der Waals surface area contributed by atoms with Gasteiger partial charge in [0.15, 0.2) is 21.3 Å². The quantitative estimate of drug-likeness (QED) is 0.0991. The van der Waals surface area contributed by atoms with E-state index in [4.69, 9.17) is 20.1 Å². The van der Waals surface area contributed by atoms with Crippen LogP contribution in [0, 0.1) is 0 Å². The summed E-state index contributed by atoms with van der Waals surface area (Å²) >= 11 is 1.66. The van der Waals surface area contributed by atoms with Crippen LogP contribution >= 0.6 is 11.8 Å². The Labute approximate surface area is 250 Å². The van der Waals surface area contributed by atoms with Gasteiger partial charge in [-0.2, -0.15) is 0 Å². The summed E-state index contributed by atoms with van der Waals surface area (Å²) in [7, 11) is -4.12. The lowest BCUT2D eigenvalue weighted by Crippen LogP contribution is -2.56. The van der Waals surface area contributed by atoms with E-state index in [1.54, 1.807) is 36.0 Å². The lowest BCUT2D eigenvalue weighted by Gasteiger charge is -2.34. The Morgan fingerprint density at radius 2 is 1.71 bits per heavy atom. The number of hydrazine groups is 1. The molecule has 0 saturated heterocycles. The Balaban J connectivity index is 1.53. The summed E-state index contributed by atoms with van der Waals surface area (Å²) in [5.41, 5.74) is 1.67. The second-order valence-corrected chi connectivity index (χ2v) is 13.0. The second kappa shape index (κ2) is 14.1. The zero-order chi connectivity index (χ0) is 30.3. The van der Waals surface area contributed by atoms with Crippen molar-refractivity contribution in [2.45, 2.75) is 66.4 Å². The molecule has 1 amide bonds. The number of nitrogens with zero attached hydrogens (tertiary/aromatic N) is 1. The molecular weight excluding hydrogens is 580 g/mol. The van der Waals surface area contributed by atoms with Crippen LogP contribution in [0.1, 0.15) is 37.3 Å². The number of carboxylic acid groups (broad SMARTS) is 1. The fraction of sp³-hybridized carbons (Fsp3) is 0.367. The molecule has 3 atom stereocenters. The number of carbonyl (C=O) groups is 1. The van der Waals surface area contributed by atoms with Gasteiger partial charge in [-0.1, -0.05) is 44.0 Å². The van der Waals surface area contributed by atoms with Crippen LogP contribution in [0.4, 0.5) is 4.79 Å². The van der Waals surface area contributed by atoms with Crippen LogP contribution in [0.2, 0.25) is 0 Å². The Morgan fingerprint density at radius 3 is 2.36 bits per heavy atom. The maximum absolute atomic E-state index is 13.8. The molecule has 3 aromatic carbocycles. The van der Waals surface area contributed by atoms with Gasteiger partial charge in [0.1, 0.15) is 12.4 Å². The van der Waals surface area contributed by atoms with Gasteiger partial charge in [-0.05, 0) is 66.6 Å². The molecule has 0 bridgehead atoms. The first-order chi connectivity index (χ1) is 20.1. The average molecular weight is 617 g/mol. The number of rotatable bonds is 14. The molecule has 226 valence electrons. The van der Waals surface area contributed by atoms with E-state index in [1.807, 2.05) is 37.4 Å². The normalized spacial score (nSPS) is 14.7. The van der Waals surface area contributed by atoms with E-state index in [0.29, 0.717) is 47.3 Å². The zero-order valence-electron chi connectivity index (χ0n) is 23.5. The van der Waals surface area contributed by atoms with E-state index in [9.17, 15) is 23.4 Å². The van der Waals surface area contributed by atoms with E-state index >= 15 is 0 Å². The van der Waals surface area contributed by atoms with E-state index in [1.165, 1.54) is 18.2 Å². The van der Waals surface area contributed by atoms with Crippen LogP contribution in [0.25, 0.3) is 0 Å². The van der Waals surface area contributed by atoms with Gasteiger partial charge in [0.2, 0.25) is 6.79 Å². The fourth-order valence-corrected chi connectivity index (χ4v) is 7.08. The third-order valence-electron chi connectivity index (χ3n) is 7.20. The third kappa shape index (κ3) is 7.49. The first kappa shape index (κ1) is 31.5. The summed E-state index contributed by atoms with van der Waals surface area (Å²) < 4.78 is 44.2. The molecule has 4 rings (SSSR count). The maximum atomic E-state index is 13.8. The molecule has 1 heterocycles. The summed E-state index contributed by atoms with van der Waals surface area (Å²) in [6.07, 6.45) is 0.194. The Morgan fingerprint density at radius 1 is 1.05 bits per heavy atom. The largest absolute Gasteiger partial charge is 0.489 e. The molecule has 1 aliphatic heterocycles. The van der Waals surface area contributed by atoms with E-state index in [-0.39, 0.29) is 24.5 Å². The lowest BCUT2D eigenvalue weighted by molar-refractivity contribution is 0.0436. The number of aliphatic hydroxyl groups excluding tert-OH is 1. The summed E-state index contributed by atoms with van der Waals surface area (Å²) in [4.78, 5) is 13.0. The molecule has 10 nitrogen and oxygen atoms in total. The molecule has 0 spiro atoms. The number of hydrogen-bond acceptors (Lipinski definition) is 9. The maximum Gasteiger partial charge on any atom is 0.421 e. The summed E-state index contributed by atoms with van der Waals surface area (Å²) in [5, 5.41) is 20.4. The first-order valence-electron chi connectivity index (χ1n) is 13.6. The van der Waals surface area contributed by atoms with Crippen molar-refractivity contribution in [1.82, 2.24) is 5.01 Å². The van der Waals surface area contributed by atoms with Gasteiger partial charge in [0, 0.05) is 11.0 Å². The van der Waals surface area contributed by atoms with Crippen LogP contribution in [0.5, 0.6) is 17.2 Å². The van der Waals surface area contributed by atoms with Crippen LogP contribution in [-0.2, 0) is 22.9 Å². The number of sulfone groups is 1. The number of hydrogen-bond donors (Lipinski definition) is 3. The molecular formula is C30H36N2O8S2. The number of fused-ring (bicyclic) bond motifs is 1. The monoisotopic (exact) mass is 616 g/mol. The minimum atomic E-state index is -4.12. The number of unbranched alkanes of at least 4 members (excludes halogenated alkanes) is 1. The van der Waals surface area contributed by atoms with Crippen LogP contribution in [0.3, 0.4) is 0 Å². The molecule has 1 aliphatic rings. The molecule has 1 unspecified atom stereocenters. The molecule has 0 fully saturated rings. The number of aliphatic hydroxyl groups is 1. The molecule has 3 aromatic rings. The van der Waals surface area contributed by atoms with E-state index in [2.05, 4.69) is 0 Å². The number of nitrogens with two attached hydrogens (primary N) is 1. The Bertz CT molecular complexity index is 1450. The van der Waals surface area contributed by atoms with Crippen molar-refractivity contribution < 1.29 is 37.6 Å². The molecule has 0 radical (unpaired) electrons. The number of thioether (sulfide) groups is 1. The van der Waals surface area contributed by atoms with Crippen molar-refractivity contribution in [3.63, 3.8) is 0 Å². The fourth-order valence-electron chi connectivity index (χ4n) is 4.77. The van der Waals surface area contributed by atoms with Crippen molar-refractivity contribution in [3.8, 4) is 17.2 Å². The number of ether oxygens (including phenoxy) is 3. The minimum absolute atomic E-state index is 0.0142. The highest BCUT2D eigenvalue weighted by Crippen LogP contribution is 2.36. The topological polar surface area (TPSA) is 149 Å². The molecule has 12 heteroatoms. The smallest absolute Gasteiger partial charge is 0.421 e. The van der Waals surface area contributed by atoms with Gasteiger partial charge in [-0.25, -0.2) is 24.1 Å². The zero-order valence-corrected chi connectivity index (χ0v) is 25.1. The summed E-state index contributed by atoms with van der Waals surface area (Å²) in [6.45, 7) is 2.27. The van der Waals surface area contributed by atoms with Crippen LogP contribution in [0.15, 0.2) is 76.5 Å². The average Bonchev–Trinajstić information content (AvgIpc) is 3.47. The van der Waals surface area contributed by atoms with Crippen molar-refractivity contribution in [2.75, 3.05) is 13.0 Å². The van der Waals surface area contributed by atoms with Gasteiger partial charge in [-0.15, -0.1) is 11.8 Å². The summed E-state index contributed by atoms with van der Waals surface area (Å²) in [5.74, 6) is 7.24. The number of benzene rings is 3. The SMILES string of the molecule is CCCCC([C@H](O)[C@H](Cc1ccc(OCc2ccc(SC)cc2)cc1)N(N)C(=O)O)S(=O)(=O)c1ccc2c(c1)OCO2. The predicted octanol–water partition coefficient (Wildman–Crippen LogP) is 4.87. The lowest BCUT2D eigenvalue weighted by atomic mass is 9.96. The molecule has 0 saturated carbocycles. The van der Waals surface area contributed by atoms with Crippen LogP contribution in [-0.4, -0.2) is 60.2 Å². The highest BCUT2D eigenvalue weighted by atomic mass is 32.2. The van der Waals surface area contributed by atoms with Gasteiger partial charge < -0.3 is 24.4 Å². The molecule has 0 aromatic heterocycles. The molecule has 42 heavy (non-hydrogen) atoms. The van der Waals surface area contributed by atoms with Crippen LogP contribution < -0.4 is 20.1 Å². The number of amides is 1. The Kier molecular flexibility index (Phi) is 10.6. The highest BCUT2D eigenvalue weighted by molar-refractivity contribution is 7.98. The van der Waals surface area contributed by atoms with Crippen molar-refractivity contribution in [3.05, 3.63) is 77.9 Å². The third-order valence-corrected chi connectivity index (χ3v) is 10.2. The highest BCUT2D eigenvalue weighted by Gasteiger charge is 2.41. The molecule has 0 aliphatic carbocycles. The standard InChI is InChI=1S/C30H36N2O8S2/c1-3-4-5-28(42(36,37)24-14-15-26-27(17-24)40-19-39-26)29(33)25(32(31)30(34)35)16-20-6-10-22(11-7-20)38-18-21-8-12-23(41-2)13-9-21/h6-15,17,25,28-29,33H,3-5,16,18-19,31H2,1-2H3,(H,34,35)/t25-,28?,29+/m0/s1. The van der Waals surface area contributed by atoms with E-state index < -0.39 is 33.3 Å². The molecule has 4 N–H and O–H groups in total. The van der Waals surface area contributed by atoms with Crippen molar-refractivity contribution in [1.29, 1.82) is 0 Å².